The Labute approximate surface area is 312 Å². The fourth-order valence-corrected chi connectivity index (χ4v) is 7.32. The number of phosphoric acid groups is 1. The van der Waals surface area contributed by atoms with E-state index in [0.717, 1.165) is 38.5 Å². The van der Waals surface area contributed by atoms with E-state index in [0.29, 0.717) is 12.8 Å². The summed E-state index contributed by atoms with van der Waals surface area (Å²) in [7, 11) is -5.10. The van der Waals surface area contributed by atoms with Gasteiger partial charge in [-0.3, -0.25) is 18.6 Å². The van der Waals surface area contributed by atoms with Crippen molar-refractivity contribution < 1.29 is 63.1 Å². The number of phosphoric ester groups is 1. The molecule has 0 aromatic rings. The van der Waals surface area contributed by atoms with Crippen LogP contribution < -0.4 is 0 Å². The predicted molar refractivity (Wildman–Crippen MR) is 198 cm³/mol. The lowest BCUT2D eigenvalue weighted by molar-refractivity contribution is -0.220. The number of ether oxygens (including phenoxy) is 2. The van der Waals surface area contributed by atoms with Gasteiger partial charge in [0.2, 0.25) is 0 Å². The number of aliphatic hydroxyl groups excluding tert-OH is 5. The van der Waals surface area contributed by atoms with Crippen LogP contribution in [0.5, 0.6) is 0 Å². The lowest BCUT2D eigenvalue weighted by Gasteiger charge is -2.41. The van der Waals surface area contributed by atoms with Crippen LogP contribution in [-0.4, -0.2) is 98.3 Å². The number of unbranched alkanes of at least 4 members (excludes halogenated alkanes) is 21. The Bertz CT molecular complexity index is 938. The summed E-state index contributed by atoms with van der Waals surface area (Å²) in [5.41, 5.74) is 0. The zero-order chi connectivity index (χ0) is 38.6. The maximum Gasteiger partial charge on any atom is 0.472 e. The average Bonchev–Trinajstić information content (AvgIpc) is 3.12. The van der Waals surface area contributed by atoms with E-state index in [4.69, 9.17) is 18.5 Å². The third-order valence-electron chi connectivity index (χ3n) is 9.70. The molecule has 0 bridgehead atoms. The highest BCUT2D eigenvalue weighted by Crippen LogP contribution is 2.47. The SMILES string of the molecule is CCCCCCCCCCCCCCC(=O)O[C@H](COC(=O)CCCCCCCCCCCCC)COP(=O)(O)OC1C(O)C(O)C(O)[C@@H](O)C1O. The highest BCUT2D eigenvalue weighted by molar-refractivity contribution is 7.47. The number of esters is 2. The van der Waals surface area contributed by atoms with E-state index in [1.807, 2.05) is 0 Å². The first kappa shape index (κ1) is 48.9. The molecule has 0 aromatic heterocycles. The van der Waals surface area contributed by atoms with Crippen LogP contribution in [0.2, 0.25) is 0 Å². The quantitative estimate of drug-likeness (QED) is 0.0238. The molecule has 6 N–H and O–H groups in total. The topological polar surface area (TPSA) is 210 Å². The number of hydrogen-bond acceptors (Lipinski definition) is 12. The minimum atomic E-state index is -5.10. The minimum Gasteiger partial charge on any atom is -0.462 e. The Hall–Kier alpha value is -1.15. The van der Waals surface area contributed by atoms with Crippen LogP contribution in [-0.2, 0) is 32.7 Å². The summed E-state index contributed by atoms with van der Waals surface area (Å²) in [4.78, 5) is 35.4. The van der Waals surface area contributed by atoms with E-state index >= 15 is 0 Å². The summed E-state index contributed by atoms with van der Waals surface area (Å²) >= 11 is 0. The van der Waals surface area contributed by atoms with Crippen molar-refractivity contribution in [1.29, 1.82) is 0 Å². The zero-order valence-electron chi connectivity index (χ0n) is 32.1. The second kappa shape index (κ2) is 30.1. The molecule has 0 aromatic carbocycles. The molecule has 8 atom stereocenters. The Morgan fingerprint density at radius 1 is 0.519 bits per heavy atom. The van der Waals surface area contributed by atoms with E-state index in [2.05, 4.69) is 13.8 Å². The molecule has 1 aliphatic carbocycles. The average molecular weight is 769 g/mol. The molecule has 308 valence electrons. The van der Waals surface area contributed by atoms with Gasteiger partial charge < -0.3 is 39.9 Å². The van der Waals surface area contributed by atoms with Gasteiger partial charge in [-0.1, -0.05) is 149 Å². The largest absolute Gasteiger partial charge is 0.472 e. The highest BCUT2D eigenvalue weighted by Gasteiger charge is 2.51. The summed E-state index contributed by atoms with van der Waals surface area (Å²) in [6, 6.07) is 0. The lowest BCUT2D eigenvalue weighted by Crippen LogP contribution is -2.64. The van der Waals surface area contributed by atoms with Gasteiger partial charge in [-0.2, -0.15) is 0 Å². The third-order valence-corrected chi connectivity index (χ3v) is 10.7. The summed E-state index contributed by atoms with van der Waals surface area (Å²) < 4.78 is 33.3. The van der Waals surface area contributed by atoms with Crippen LogP contribution in [0.1, 0.15) is 174 Å². The van der Waals surface area contributed by atoms with Gasteiger partial charge in [0.05, 0.1) is 6.61 Å². The summed E-state index contributed by atoms with van der Waals surface area (Å²) in [5.74, 6) is -1.09. The van der Waals surface area contributed by atoms with E-state index in [1.54, 1.807) is 0 Å². The second-order valence-corrected chi connectivity index (χ2v) is 15.9. The molecule has 1 fully saturated rings. The van der Waals surface area contributed by atoms with E-state index in [1.165, 1.54) is 96.3 Å². The van der Waals surface area contributed by atoms with Gasteiger partial charge in [-0.05, 0) is 12.8 Å². The van der Waals surface area contributed by atoms with Gasteiger partial charge in [0.15, 0.2) is 6.10 Å². The summed E-state index contributed by atoms with van der Waals surface area (Å²) in [6.45, 7) is 3.26. The van der Waals surface area contributed by atoms with Gasteiger partial charge in [0.1, 0.15) is 43.2 Å². The van der Waals surface area contributed by atoms with Crippen LogP contribution in [0.3, 0.4) is 0 Å². The van der Waals surface area contributed by atoms with Gasteiger partial charge in [-0.25, -0.2) is 4.57 Å². The standard InChI is InChI=1S/C38H73O13P/c1-3-5-7-9-11-13-15-17-19-21-23-25-27-32(40)50-30(28-48-31(39)26-24-22-20-18-16-14-12-10-8-6-4-2)29-49-52(46,47)51-38-36(44)34(42)33(41)35(43)37(38)45/h30,33-38,41-45H,3-29H2,1-2H3,(H,46,47)/t30-,33?,34-,35?,36?,37?,38?/m1/s1. The molecule has 1 saturated carbocycles. The van der Waals surface area contributed by atoms with E-state index in [9.17, 15) is 44.6 Å². The number of carbonyl (C=O) groups excluding carboxylic acids is 2. The molecule has 0 amide bonds. The molecule has 13 nitrogen and oxygen atoms in total. The van der Waals surface area contributed by atoms with Crippen LogP contribution in [0.4, 0.5) is 0 Å². The molecule has 0 aliphatic heterocycles. The van der Waals surface area contributed by atoms with Gasteiger partial charge in [-0.15, -0.1) is 0 Å². The lowest BCUT2D eigenvalue weighted by atomic mass is 9.85. The normalized spacial score (nSPS) is 23.6. The van der Waals surface area contributed by atoms with Crippen molar-refractivity contribution >= 4 is 19.8 Å². The van der Waals surface area contributed by atoms with Crippen molar-refractivity contribution in [2.75, 3.05) is 13.2 Å². The number of rotatable bonds is 33. The van der Waals surface area contributed by atoms with E-state index < -0.39 is 75.7 Å². The molecule has 6 unspecified atom stereocenters. The van der Waals surface area contributed by atoms with Crippen molar-refractivity contribution in [3.63, 3.8) is 0 Å². The van der Waals surface area contributed by atoms with Crippen molar-refractivity contribution in [3.05, 3.63) is 0 Å². The fourth-order valence-electron chi connectivity index (χ4n) is 6.35. The first-order valence-electron chi connectivity index (χ1n) is 20.3. The number of carbonyl (C=O) groups is 2. The van der Waals surface area contributed by atoms with Crippen molar-refractivity contribution in [2.24, 2.45) is 0 Å². The highest BCUT2D eigenvalue weighted by atomic mass is 31.2. The molecule has 1 aliphatic rings. The van der Waals surface area contributed by atoms with Gasteiger partial charge in [0, 0.05) is 12.8 Å². The monoisotopic (exact) mass is 768 g/mol. The predicted octanol–water partition coefficient (Wildman–Crippen LogP) is 6.55. The molecule has 52 heavy (non-hydrogen) atoms. The van der Waals surface area contributed by atoms with Crippen molar-refractivity contribution in [2.45, 2.75) is 217 Å². The fraction of sp³-hybridized carbons (Fsp3) is 0.947. The zero-order valence-corrected chi connectivity index (χ0v) is 33.0. The maximum absolute atomic E-state index is 12.7. The maximum atomic E-state index is 12.7. The molecular formula is C38H73O13P. The molecule has 0 radical (unpaired) electrons. The molecule has 0 saturated heterocycles. The van der Waals surface area contributed by atoms with Gasteiger partial charge in [0.25, 0.3) is 0 Å². The van der Waals surface area contributed by atoms with Crippen LogP contribution in [0, 0.1) is 0 Å². The number of aliphatic hydroxyl groups is 5. The molecule has 14 heteroatoms. The molecular weight excluding hydrogens is 695 g/mol. The molecule has 1 rings (SSSR count). The minimum absolute atomic E-state index is 0.104. The van der Waals surface area contributed by atoms with Crippen LogP contribution in [0.25, 0.3) is 0 Å². The first-order valence-corrected chi connectivity index (χ1v) is 21.8. The third kappa shape index (κ3) is 22.9. The smallest absolute Gasteiger partial charge is 0.462 e. The Kier molecular flexibility index (Phi) is 28.3. The Balaban J connectivity index is 2.52. The van der Waals surface area contributed by atoms with Crippen LogP contribution >= 0.6 is 7.82 Å². The first-order chi connectivity index (χ1) is 24.9. The second-order valence-electron chi connectivity index (χ2n) is 14.5. The molecule has 0 heterocycles. The van der Waals surface area contributed by atoms with Crippen molar-refractivity contribution in [1.82, 2.24) is 0 Å². The Morgan fingerprint density at radius 3 is 1.27 bits per heavy atom. The number of hydrogen-bond donors (Lipinski definition) is 6. The van der Waals surface area contributed by atoms with Gasteiger partial charge >= 0.3 is 19.8 Å². The molecule has 0 spiro atoms. The summed E-state index contributed by atoms with van der Waals surface area (Å²) in [6.07, 6.45) is 13.2. The van der Waals surface area contributed by atoms with E-state index in [-0.39, 0.29) is 12.8 Å². The Morgan fingerprint density at radius 2 is 0.865 bits per heavy atom. The van der Waals surface area contributed by atoms with Crippen LogP contribution in [0.15, 0.2) is 0 Å². The summed E-state index contributed by atoms with van der Waals surface area (Å²) in [5, 5.41) is 49.9. The van der Waals surface area contributed by atoms with Crippen molar-refractivity contribution in [3.8, 4) is 0 Å².